The molecule has 0 radical (unpaired) electrons. The van der Waals surface area contributed by atoms with E-state index in [1.165, 1.54) is 24.2 Å². The first-order chi connectivity index (χ1) is 16.6. The Hall–Kier alpha value is -2.71. The second-order valence-electron chi connectivity index (χ2n) is 9.09. The van der Waals surface area contributed by atoms with E-state index in [0.717, 1.165) is 31.5 Å². The maximum absolute atomic E-state index is 13.4. The lowest BCUT2D eigenvalue weighted by Crippen LogP contribution is -2.56. The van der Waals surface area contributed by atoms with Gasteiger partial charge in [0.15, 0.2) is 0 Å². The van der Waals surface area contributed by atoms with Gasteiger partial charge in [0.1, 0.15) is 6.04 Å². The van der Waals surface area contributed by atoms with Gasteiger partial charge in [0, 0.05) is 45.7 Å². The highest BCUT2D eigenvalue weighted by Crippen LogP contribution is 2.14. The van der Waals surface area contributed by atoms with Gasteiger partial charge in [-0.25, -0.2) is 0 Å². The third-order valence-electron chi connectivity index (χ3n) is 6.63. The lowest BCUT2D eigenvalue weighted by Gasteiger charge is -2.37. The van der Waals surface area contributed by atoms with Crippen LogP contribution in [0.1, 0.15) is 40.9 Å². The number of rotatable bonds is 7. The highest BCUT2D eigenvalue weighted by molar-refractivity contribution is 7.12. The Morgan fingerprint density at radius 1 is 0.824 bits per heavy atom. The van der Waals surface area contributed by atoms with Gasteiger partial charge in [-0.2, -0.15) is 0 Å². The Balaban J connectivity index is 1.34. The molecule has 1 aromatic heterocycles. The zero-order valence-electron chi connectivity index (χ0n) is 19.7. The highest BCUT2D eigenvalue weighted by Gasteiger charge is 2.30. The number of carbonyl (C=O) groups is 3. The third kappa shape index (κ3) is 6.67. The van der Waals surface area contributed by atoms with Gasteiger partial charge >= 0.3 is 0 Å². The average Bonchev–Trinajstić information content (AvgIpc) is 3.27. The van der Waals surface area contributed by atoms with Crippen LogP contribution in [0.25, 0.3) is 0 Å². The molecule has 2 aliphatic heterocycles. The second-order valence-corrected chi connectivity index (χ2v) is 10.0. The zero-order chi connectivity index (χ0) is 23.8. The first-order valence-electron chi connectivity index (χ1n) is 12.3. The average molecular weight is 483 g/mol. The molecule has 3 heterocycles. The van der Waals surface area contributed by atoms with Crippen molar-refractivity contribution in [2.75, 3.05) is 45.8 Å². The quantitative estimate of drug-likeness (QED) is 0.659. The van der Waals surface area contributed by atoms with Crippen LogP contribution in [0, 0.1) is 0 Å². The van der Waals surface area contributed by atoms with Crippen molar-refractivity contribution < 1.29 is 14.4 Å². The van der Waals surface area contributed by atoms with Gasteiger partial charge in [-0.05, 0) is 29.9 Å². The molecule has 7 nitrogen and oxygen atoms in total. The maximum atomic E-state index is 13.4. The van der Waals surface area contributed by atoms with Crippen LogP contribution in [0.5, 0.6) is 0 Å². The Morgan fingerprint density at radius 2 is 1.53 bits per heavy atom. The number of nitrogens with one attached hydrogen (secondary N) is 1. The summed E-state index contributed by atoms with van der Waals surface area (Å²) in [6.07, 6.45) is 5.04. The number of carbonyl (C=O) groups excluding carboxylic acids is 3. The summed E-state index contributed by atoms with van der Waals surface area (Å²) in [5.74, 6) is -0.0786. The summed E-state index contributed by atoms with van der Waals surface area (Å²) in [5, 5.41) is 4.82. The van der Waals surface area contributed by atoms with Crippen molar-refractivity contribution in [2.45, 2.75) is 38.1 Å². The minimum atomic E-state index is -0.623. The topological polar surface area (TPSA) is 73.0 Å². The number of piperazine rings is 1. The first-order valence-corrected chi connectivity index (χ1v) is 13.2. The van der Waals surface area contributed by atoms with Crippen molar-refractivity contribution in [3.8, 4) is 0 Å². The first kappa shape index (κ1) is 24.4. The van der Waals surface area contributed by atoms with Crippen LogP contribution in [0.4, 0.5) is 0 Å². The summed E-state index contributed by atoms with van der Waals surface area (Å²) < 4.78 is 0. The largest absolute Gasteiger partial charge is 0.342 e. The Morgan fingerprint density at radius 3 is 2.18 bits per heavy atom. The monoisotopic (exact) mass is 482 g/mol. The molecular weight excluding hydrogens is 448 g/mol. The molecule has 3 amide bonds. The van der Waals surface area contributed by atoms with E-state index in [9.17, 15) is 14.4 Å². The zero-order valence-corrected chi connectivity index (χ0v) is 20.5. The van der Waals surface area contributed by atoms with Gasteiger partial charge < -0.3 is 15.1 Å². The van der Waals surface area contributed by atoms with Crippen molar-refractivity contribution in [1.29, 1.82) is 0 Å². The lowest BCUT2D eigenvalue weighted by molar-refractivity contribution is -0.136. The SMILES string of the molecule is O=C(NC(Cc1ccccc1)C(=O)N1CCN(CC(=O)N2CCCCCC2)CC1)c1cccs1. The van der Waals surface area contributed by atoms with Crippen molar-refractivity contribution in [2.24, 2.45) is 0 Å². The predicted octanol–water partition coefficient (Wildman–Crippen LogP) is 2.64. The van der Waals surface area contributed by atoms with Crippen LogP contribution in [0.2, 0.25) is 0 Å². The molecule has 1 N–H and O–H groups in total. The summed E-state index contributed by atoms with van der Waals surface area (Å²) in [6, 6.07) is 12.8. The number of benzene rings is 1. The summed E-state index contributed by atoms with van der Waals surface area (Å²) >= 11 is 1.37. The number of likely N-dealkylation sites (tertiary alicyclic amines) is 1. The van der Waals surface area contributed by atoms with Crippen molar-refractivity contribution in [1.82, 2.24) is 20.0 Å². The normalized spacial score (nSPS) is 18.2. The molecule has 2 aromatic rings. The fourth-order valence-corrected chi connectivity index (χ4v) is 5.27. The summed E-state index contributed by atoms with van der Waals surface area (Å²) in [7, 11) is 0. The molecule has 4 rings (SSSR count). The molecule has 34 heavy (non-hydrogen) atoms. The van der Waals surface area contributed by atoms with E-state index in [4.69, 9.17) is 0 Å². The molecule has 2 saturated heterocycles. The van der Waals surface area contributed by atoms with Crippen molar-refractivity contribution in [3.05, 3.63) is 58.3 Å². The number of hydrogen-bond donors (Lipinski definition) is 1. The van der Waals surface area contributed by atoms with Gasteiger partial charge in [0.25, 0.3) is 5.91 Å². The molecule has 0 aliphatic carbocycles. The minimum absolute atomic E-state index is 0.0627. The summed E-state index contributed by atoms with van der Waals surface area (Å²) in [4.78, 5) is 45.5. The van der Waals surface area contributed by atoms with E-state index in [0.29, 0.717) is 44.0 Å². The number of nitrogens with zero attached hydrogens (tertiary/aromatic N) is 3. The van der Waals surface area contributed by atoms with E-state index >= 15 is 0 Å². The standard InChI is InChI=1S/C26H34N4O3S/c31-24(29-12-6-1-2-7-13-29)20-28-14-16-30(17-15-28)26(33)22(19-21-9-4-3-5-10-21)27-25(32)23-11-8-18-34-23/h3-5,8-11,18,22H,1-2,6-7,12-17,19-20H2,(H,27,32). The highest BCUT2D eigenvalue weighted by atomic mass is 32.1. The molecule has 2 fully saturated rings. The number of thiophene rings is 1. The molecule has 2 aliphatic rings. The van der Waals surface area contributed by atoms with Gasteiger partial charge in [-0.15, -0.1) is 11.3 Å². The van der Waals surface area contributed by atoms with E-state index in [2.05, 4.69) is 10.2 Å². The van der Waals surface area contributed by atoms with E-state index in [1.807, 2.05) is 51.6 Å². The predicted molar refractivity (Wildman–Crippen MR) is 134 cm³/mol. The Bertz CT molecular complexity index is 934. The smallest absolute Gasteiger partial charge is 0.262 e. The van der Waals surface area contributed by atoms with Gasteiger partial charge in [0.05, 0.1) is 11.4 Å². The number of amides is 3. The fraction of sp³-hybridized carbons (Fsp3) is 0.500. The molecular formula is C26H34N4O3S. The molecule has 182 valence electrons. The second kappa shape index (κ2) is 12.1. The van der Waals surface area contributed by atoms with Crippen molar-refractivity contribution in [3.63, 3.8) is 0 Å². The van der Waals surface area contributed by atoms with Crippen LogP contribution < -0.4 is 5.32 Å². The van der Waals surface area contributed by atoms with E-state index in [-0.39, 0.29) is 17.7 Å². The lowest BCUT2D eigenvalue weighted by atomic mass is 10.0. The van der Waals surface area contributed by atoms with E-state index in [1.54, 1.807) is 6.07 Å². The minimum Gasteiger partial charge on any atom is -0.342 e. The van der Waals surface area contributed by atoms with Crippen LogP contribution in [0.3, 0.4) is 0 Å². The molecule has 0 bridgehead atoms. The summed E-state index contributed by atoms with van der Waals surface area (Å²) in [6.45, 7) is 4.61. The Labute approximate surface area is 205 Å². The molecule has 1 atom stereocenters. The maximum Gasteiger partial charge on any atom is 0.262 e. The number of hydrogen-bond acceptors (Lipinski definition) is 5. The van der Waals surface area contributed by atoms with E-state index < -0.39 is 6.04 Å². The van der Waals surface area contributed by atoms with Crippen LogP contribution >= 0.6 is 11.3 Å². The fourth-order valence-electron chi connectivity index (χ4n) is 4.65. The van der Waals surface area contributed by atoms with Gasteiger partial charge in [0.2, 0.25) is 11.8 Å². The van der Waals surface area contributed by atoms with Gasteiger partial charge in [-0.1, -0.05) is 49.2 Å². The molecule has 0 spiro atoms. The van der Waals surface area contributed by atoms with Crippen LogP contribution in [0.15, 0.2) is 47.8 Å². The van der Waals surface area contributed by atoms with Crippen molar-refractivity contribution >= 4 is 29.1 Å². The Kier molecular flexibility index (Phi) is 8.71. The molecule has 8 heteroatoms. The van der Waals surface area contributed by atoms with Crippen LogP contribution in [-0.2, 0) is 16.0 Å². The molecule has 0 saturated carbocycles. The third-order valence-corrected chi connectivity index (χ3v) is 7.50. The summed E-state index contributed by atoms with van der Waals surface area (Å²) in [5.41, 5.74) is 1.01. The van der Waals surface area contributed by atoms with Gasteiger partial charge in [-0.3, -0.25) is 19.3 Å². The van der Waals surface area contributed by atoms with Crippen LogP contribution in [-0.4, -0.2) is 84.3 Å². The molecule has 1 unspecified atom stereocenters. The molecule has 1 aromatic carbocycles.